The topological polar surface area (TPSA) is 12.0 Å². The summed E-state index contributed by atoms with van der Waals surface area (Å²) in [7, 11) is 0. The van der Waals surface area contributed by atoms with Crippen LogP contribution in [0, 0.1) is 17.8 Å². The van der Waals surface area contributed by atoms with Crippen molar-refractivity contribution in [1.82, 2.24) is 5.32 Å². The number of nitrogens with one attached hydrogen (secondary N) is 1. The molecule has 1 atom stereocenters. The van der Waals surface area contributed by atoms with Crippen LogP contribution in [0.3, 0.4) is 0 Å². The van der Waals surface area contributed by atoms with E-state index in [0.29, 0.717) is 17.8 Å². The van der Waals surface area contributed by atoms with Gasteiger partial charge in [-0.1, -0.05) is 39.3 Å². The molecule has 1 heteroatoms. The van der Waals surface area contributed by atoms with Gasteiger partial charge in [-0.25, -0.2) is 0 Å². The zero-order valence-electron chi connectivity index (χ0n) is 11.7. The Morgan fingerprint density at radius 1 is 1.31 bits per heavy atom. The number of hydrogen-bond donors (Lipinski definition) is 1. The van der Waals surface area contributed by atoms with Crippen molar-refractivity contribution < 1.29 is 0 Å². The monoisotopic (exact) mass is 221 g/mol. The zero-order chi connectivity index (χ0) is 12.3. The molecule has 1 unspecified atom stereocenters. The first-order valence-corrected chi connectivity index (χ1v) is 6.62. The van der Waals surface area contributed by atoms with Gasteiger partial charge in [0.2, 0.25) is 0 Å². The summed E-state index contributed by atoms with van der Waals surface area (Å²) < 4.78 is 0. The molecule has 1 rings (SSSR count). The molecule has 0 aromatic heterocycles. The third-order valence-electron chi connectivity index (χ3n) is 3.57. The highest BCUT2D eigenvalue weighted by Crippen LogP contribution is 2.35. The van der Waals surface area contributed by atoms with E-state index in [1.165, 1.54) is 17.7 Å². The van der Waals surface area contributed by atoms with Gasteiger partial charge in [0.1, 0.15) is 0 Å². The van der Waals surface area contributed by atoms with Crippen molar-refractivity contribution in [3.05, 3.63) is 22.9 Å². The van der Waals surface area contributed by atoms with Crippen molar-refractivity contribution in [2.45, 2.75) is 48.0 Å². The van der Waals surface area contributed by atoms with Crippen LogP contribution in [-0.2, 0) is 0 Å². The van der Waals surface area contributed by atoms with Gasteiger partial charge in [-0.2, -0.15) is 0 Å². The van der Waals surface area contributed by atoms with Gasteiger partial charge in [0.25, 0.3) is 0 Å². The van der Waals surface area contributed by atoms with Crippen molar-refractivity contribution in [1.29, 1.82) is 0 Å². The molecule has 16 heavy (non-hydrogen) atoms. The Morgan fingerprint density at radius 2 is 1.94 bits per heavy atom. The smallest absolute Gasteiger partial charge is 0.0173 e. The van der Waals surface area contributed by atoms with Crippen LogP contribution in [0.4, 0.5) is 0 Å². The molecule has 0 aliphatic heterocycles. The molecular formula is C15H27N. The van der Waals surface area contributed by atoms with Crippen molar-refractivity contribution >= 4 is 0 Å². The van der Waals surface area contributed by atoms with Crippen LogP contribution in [0.2, 0.25) is 0 Å². The molecule has 0 fully saturated rings. The van der Waals surface area contributed by atoms with Crippen LogP contribution >= 0.6 is 0 Å². The fourth-order valence-electron chi connectivity index (χ4n) is 2.50. The summed E-state index contributed by atoms with van der Waals surface area (Å²) in [5.74, 6) is 2.08. The van der Waals surface area contributed by atoms with E-state index in [0.717, 1.165) is 6.54 Å². The number of hydrogen-bond acceptors (Lipinski definition) is 1. The van der Waals surface area contributed by atoms with Crippen molar-refractivity contribution in [2.75, 3.05) is 6.54 Å². The SMILES string of the molecule is CCNC1=C(C)C=C(C(C)C)CC1C(C)C. The van der Waals surface area contributed by atoms with E-state index >= 15 is 0 Å². The van der Waals surface area contributed by atoms with Gasteiger partial charge < -0.3 is 5.32 Å². The van der Waals surface area contributed by atoms with Gasteiger partial charge in [0, 0.05) is 18.2 Å². The van der Waals surface area contributed by atoms with Gasteiger partial charge >= 0.3 is 0 Å². The molecule has 0 aromatic rings. The predicted octanol–water partition coefficient (Wildman–Crippen LogP) is 4.13. The van der Waals surface area contributed by atoms with E-state index in [9.17, 15) is 0 Å². The highest BCUT2D eigenvalue weighted by atomic mass is 14.9. The Labute approximate surface area is 101 Å². The number of rotatable bonds is 4. The van der Waals surface area contributed by atoms with Gasteiger partial charge in [0.15, 0.2) is 0 Å². The molecule has 0 bridgehead atoms. The molecule has 0 saturated carbocycles. The zero-order valence-corrected chi connectivity index (χ0v) is 11.7. The quantitative estimate of drug-likeness (QED) is 0.752. The third-order valence-corrected chi connectivity index (χ3v) is 3.57. The maximum atomic E-state index is 3.56. The van der Waals surface area contributed by atoms with Crippen LogP contribution in [0.5, 0.6) is 0 Å². The summed E-state index contributed by atoms with van der Waals surface area (Å²) in [4.78, 5) is 0. The maximum Gasteiger partial charge on any atom is 0.0173 e. The normalized spacial score (nSPS) is 21.8. The lowest BCUT2D eigenvalue weighted by Gasteiger charge is -2.32. The van der Waals surface area contributed by atoms with Crippen LogP contribution in [0.25, 0.3) is 0 Å². The molecule has 1 aliphatic carbocycles. The molecule has 92 valence electrons. The lowest BCUT2D eigenvalue weighted by atomic mass is 9.78. The summed E-state index contributed by atoms with van der Waals surface area (Å²) in [6, 6.07) is 0. The third kappa shape index (κ3) is 2.90. The highest BCUT2D eigenvalue weighted by Gasteiger charge is 2.25. The van der Waals surface area contributed by atoms with E-state index in [1.807, 2.05) is 0 Å². The minimum absolute atomic E-state index is 0.680. The van der Waals surface area contributed by atoms with Crippen LogP contribution in [0.1, 0.15) is 48.0 Å². The molecule has 1 N–H and O–H groups in total. The molecule has 0 amide bonds. The second-order valence-electron chi connectivity index (χ2n) is 5.56. The molecular weight excluding hydrogens is 194 g/mol. The minimum Gasteiger partial charge on any atom is -0.388 e. The van der Waals surface area contributed by atoms with Crippen LogP contribution < -0.4 is 5.32 Å². The van der Waals surface area contributed by atoms with E-state index in [1.54, 1.807) is 5.57 Å². The summed E-state index contributed by atoms with van der Waals surface area (Å²) in [6.45, 7) is 14.7. The molecule has 0 radical (unpaired) electrons. The number of allylic oxidation sites excluding steroid dienone is 4. The second-order valence-corrected chi connectivity index (χ2v) is 5.56. The first-order chi connectivity index (χ1) is 7.47. The lowest BCUT2D eigenvalue weighted by molar-refractivity contribution is 0.397. The maximum absolute atomic E-state index is 3.56. The second kappa shape index (κ2) is 5.56. The Morgan fingerprint density at radius 3 is 2.38 bits per heavy atom. The van der Waals surface area contributed by atoms with Gasteiger partial charge in [0.05, 0.1) is 0 Å². The Balaban J connectivity index is 3.01. The Bertz CT molecular complexity index is 295. The van der Waals surface area contributed by atoms with Crippen molar-refractivity contribution in [3.63, 3.8) is 0 Å². The first-order valence-electron chi connectivity index (χ1n) is 6.62. The fraction of sp³-hybridized carbons (Fsp3) is 0.733. The molecule has 0 aromatic carbocycles. The van der Waals surface area contributed by atoms with Crippen LogP contribution in [0.15, 0.2) is 22.9 Å². The average Bonchev–Trinajstić information content (AvgIpc) is 2.20. The highest BCUT2D eigenvalue weighted by molar-refractivity contribution is 5.34. The molecule has 0 spiro atoms. The van der Waals surface area contributed by atoms with Gasteiger partial charge in [-0.3, -0.25) is 0 Å². The van der Waals surface area contributed by atoms with Gasteiger partial charge in [-0.05, 0) is 37.7 Å². The minimum atomic E-state index is 0.680. The summed E-state index contributed by atoms with van der Waals surface area (Å²) in [6.07, 6.45) is 3.62. The van der Waals surface area contributed by atoms with Crippen molar-refractivity contribution in [2.24, 2.45) is 17.8 Å². The lowest BCUT2D eigenvalue weighted by Crippen LogP contribution is -2.28. The van der Waals surface area contributed by atoms with Crippen molar-refractivity contribution in [3.8, 4) is 0 Å². The largest absolute Gasteiger partial charge is 0.388 e. The van der Waals surface area contributed by atoms with E-state index in [4.69, 9.17) is 0 Å². The van der Waals surface area contributed by atoms with Crippen LogP contribution in [-0.4, -0.2) is 6.54 Å². The van der Waals surface area contributed by atoms with E-state index in [-0.39, 0.29) is 0 Å². The Hall–Kier alpha value is -0.720. The standard InChI is InChI=1S/C15H27N/c1-7-16-15-12(6)8-13(10(2)3)9-14(15)11(4)5/h8,10-11,14,16H,7,9H2,1-6H3. The Kier molecular flexibility index (Phi) is 4.64. The first kappa shape index (κ1) is 13.3. The fourth-order valence-corrected chi connectivity index (χ4v) is 2.50. The summed E-state index contributed by atoms with van der Waals surface area (Å²) >= 11 is 0. The molecule has 0 heterocycles. The summed E-state index contributed by atoms with van der Waals surface area (Å²) in [5.41, 5.74) is 4.52. The van der Waals surface area contributed by atoms with E-state index < -0.39 is 0 Å². The van der Waals surface area contributed by atoms with E-state index in [2.05, 4.69) is 52.9 Å². The molecule has 1 nitrogen and oxygen atoms in total. The molecule has 0 saturated heterocycles. The average molecular weight is 221 g/mol. The summed E-state index contributed by atoms with van der Waals surface area (Å²) in [5, 5.41) is 3.56. The molecule has 1 aliphatic rings. The van der Waals surface area contributed by atoms with Gasteiger partial charge in [-0.15, -0.1) is 0 Å². The predicted molar refractivity (Wildman–Crippen MR) is 72.2 cm³/mol.